The molecule has 0 fully saturated rings. The van der Waals surface area contributed by atoms with E-state index in [-0.39, 0.29) is 10.8 Å². The van der Waals surface area contributed by atoms with Gasteiger partial charge in [0.05, 0.1) is 16.3 Å². The van der Waals surface area contributed by atoms with Crippen LogP contribution in [-0.4, -0.2) is 30.8 Å². The summed E-state index contributed by atoms with van der Waals surface area (Å²) in [5.41, 5.74) is 3.25. The van der Waals surface area contributed by atoms with E-state index in [4.69, 9.17) is 11.6 Å². The highest BCUT2D eigenvalue weighted by atomic mass is 35.5. The normalized spacial score (nSPS) is 13.1. The van der Waals surface area contributed by atoms with Gasteiger partial charge in [-0.25, -0.2) is 13.4 Å². The summed E-state index contributed by atoms with van der Waals surface area (Å²) in [5, 5.41) is 5.58. The fourth-order valence-corrected chi connectivity index (χ4v) is 6.02. The summed E-state index contributed by atoms with van der Waals surface area (Å²) in [4.78, 5) is 21.4. The van der Waals surface area contributed by atoms with Gasteiger partial charge in [0.1, 0.15) is 5.69 Å². The van der Waals surface area contributed by atoms with Crippen LogP contribution in [0.3, 0.4) is 0 Å². The number of amides is 1. The fourth-order valence-electron chi connectivity index (χ4n) is 3.63. The summed E-state index contributed by atoms with van der Waals surface area (Å²) >= 11 is 7.32. The van der Waals surface area contributed by atoms with E-state index in [2.05, 4.69) is 15.3 Å². The second-order valence-corrected chi connectivity index (χ2v) is 10.5. The molecule has 1 aliphatic rings. The van der Waals surface area contributed by atoms with Crippen molar-refractivity contribution in [2.45, 2.75) is 11.3 Å². The number of rotatable bonds is 5. The minimum absolute atomic E-state index is 0.119. The topological polar surface area (TPSA) is 92.3 Å². The van der Waals surface area contributed by atoms with Crippen molar-refractivity contribution >= 4 is 49.7 Å². The van der Waals surface area contributed by atoms with Gasteiger partial charge >= 0.3 is 0 Å². The Morgan fingerprint density at radius 1 is 1.06 bits per heavy atom. The average Bonchev–Trinajstić information content (AvgIpc) is 3.47. The third-order valence-electron chi connectivity index (χ3n) is 5.25. The number of hydrogen-bond donors (Lipinski definition) is 1. The number of halogens is 1. The molecule has 2 aromatic carbocycles. The number of aromatic nitrogens is 2. The third kappa shape index (κ3) is 4.22. The lowest BCUT2D eigenvalue weighted by molar-refractivity contribution is 0.102. The smallest absolute Gasteiger partial charge is 0.264 e. The molecule has 0 saturated carbocycles. The van der Waals surface area contributed by atoms with Crippen LogP contribution in [0.2, 0.25) is 5.02 Å². The quantitative estimate of drug-likeness (QED) is 0.426. The first kappa shape index (κ1) is 21.6. The first-order chi connectivity index (χ1) is 15.9. The molecule has 0 bridgehead atoms. The van der Waals surface area contributed by atoms with Gasteiger partial charge in [-0.1, -0.05) is 17.7 Å². The molecule has 0 spiro atoms. The van der Waals surface area contributed by atoms with Crippen LogP contribution in [0, 0.1) is 0 Å². The maximum absolute atomic E-state index is 13.2. The molecule has 7 nitrogen and oxygen atoms in total. The van der Waals surface area contributed by atoms with Gasteiger partial charge < -0.3 is 0 Å². The van der Waals surface area contributed by atoms with Gasteiger partial charge in [-0.2, -0.15) is 0 Å². The van der Waals surface area contributed by atoms with Crippen molar-refractivity contribution in [2.75, 3.05) is 16.2 Å². The number of nitrogens with zero attached hydrogens (tertiary/aromatic N) is 3. The van der Waals surface area contributed by atoms with Crippen LogP contribution in [0.4, 0.5) is 10.8 Å². The molecule has 1 amide bonds. The lowest BCUT2D eigenvalue weighted by Gasteiger charge is -2.19. The first-order valence-corrected chi connectivity index (χ1v) is 12.7. The number of carbonyl (C=O) groups is 1. The minimum Gasteiger partial charge on any atom is -0.298 e. The van der Waals surface area contributed by atoms with Crippen molar-refractivity contribution in [3.63, 3.8) is 0 Å². The highest BCUT2D eigenvalue weighted by Crippen LogP contribution is 2.34. The second-order valence-electron chi connectivity index (χ2n) is 7.33. The number of thiazole rings is 1. The summed E-state index contributed by atoms with van der Waals surface area (Å²) in [6.07, 6.45) is 2.28. The molecule has 33 heavy (non-hydrogen) atoms. The molecule has 2 aromatic heterocycles. The zero-order chi connectivity index (χ0) is 23.0. The van der Waals surface area contributed by atoms with Crippen molar-refractivity contribution in [1.29, 1.82) is 0 Å². The highest BCUT2D eigenvalue weighted by Gasteiger charge is 2.31. The zero-order valence-electron chi connectivity index (χ0n) is 17.1. The largest absolute Gasteiger partial charge is 0.298 e. The maximum Gasteiger partial charge on any atom is 0.264 e. The van der Waals surface area contributed by atoms with E-state index in [0.717, 1.165) is 11.3 Å². The second kappa shape index (κ2) is 8.58. The van der Waals surface area contributed by atoms with Crippen LogP contribution in [-0.2, 0) is 16.4 Å². The van der Waals surface area contributed by atoms with E-state index < -0.39 is 10.0 Å². The Balaban J connectivity index is 1.32. The van der Waals surface area contributed by atoms with Crippen LogP contribution >= 0.6 is 22.9 Å². The van der Waals surface area contributed by atoms with Gasteiger partial charge in [0.15, 0.2) is 5.13 Å². The van der Waals surface area contributed by atoms with Gasteiger partial charge in [-0.15, -0.1) is 11.3 Å². The molecule has 0 aliphatic carbocycles. The molecule has 5 rings (SSSR count). The van der Waals surface area contributed by atoms with E-state index in [1.165, 1.54) is 39.9 Å². The standard InChI is InChI=1S/C23H17ClN4O3S2/c24-17-6-9-21-16(13-17)10-12-28(21)33(30,31)18-7-4-15(5-8-18)22(29)27-23-26-20(14-32-23)19-3-1-2-11-25-19/h1-9,11,13-14H,10,12H2,(H,26,27,29). The summed E-state index contributed by atoms with van der Waals surface area (Å²) < 4.78 is 27.7. The summed E-state index contributed by atoms with van der Waals surface area (Å²) in [7, 11) is -3.75. The summed E-state index contributed by atoms with van der Waals surface area (Å²) in [6.45, 7) is 0.350. The molecule has 166 valence electrons. The van der Waals surface area contributed by atoms with E-state index in [1.54, 1.807) is 24.4 Å². The van der Waals surface area contributed by atoms with Crippen molar-refractivity contribution in [1.82, 2.24) is 9.97 Å². The van der Waals surface area contributed by atoms with Crippen LogP contribution in [0.15, 0.2) is 77.1 Å². The van der Waals surface area contributed by atoms with E-state index >= 15 is 0 Å². The van der Waals surface area contributed by atoms with Gasteiger partial charge in [-0.3, -0.25) is 19.4 Å². The monoisotopic (exact) mass is 496 g/mol. The predicted octanol–water partition coefficient (Wildman–Crippen LogP) is 4.86. The molecule has 0 radical (unpaired) electrons. The molecule has 1 N–H and O–H groups in total. The molecule has 10 heteroatoms. The highest BCUT2D eigenvalue weighted by molar-refractivity contribution is 7.92. The molecule has 4 aromatic rings. The van der Waals surface area contributed by atoms with Crippen LogP contribution in [0.25, 0.3) is 11.4 Å². The third-order valence-corrected chi connectivity index (χ3v) is 8.07. The van der Waals surface area contributed by atoms with Gasteiger partial charge in [0, 0.05) is 28.7 Å². The SMILES string of the molecule is O=C(Nc1nc(-c2ccccn2)cs1)c1ccc(S(=O)(=O)N2CCc3cc(Cl)ccc32)cc1. The Labute approximate surface area is 199 Å². The Hall–Kier alpha value is -3.27. The molecule has 1 aliphatic heterocycles. The Kier molecular flexibility index (Phi) is 5.61. The Morgan fingerprint density at radius 3 is 2.64 bits per heavy atom. The zero-order valence-corrected chi connectivity index (χ0v) is 19.5. The fraction of sp³-hybridized carbons (Fsp3) is 0.0870. The first-order valence-electron chi connectivity index (χ1n) is 10.0. The van der Waals surface area contributed by atoms with Crippen LogP contribution in [0.5, 0.6) is 0 Å². The average molecular weight is 497 g/mol. The number of pyridine rings is 1. The van der Waals surface area contributed by atoms with E-state index in [1.807, 2.05) is 23.6 Å². The lowest BCUT2D eigenvalue weighted by Crippen LogP contribution is -2.29. The number of nitrogens with one attached hydrogen (secondary N) is 1. The van der Waals surface area contributed by atoms with Gasteiger partial charge in [0.25, 0.3) is 15.9 Å². The van der Waals surface area contributed by atoms with Crippen molar-refractivity contribution < 1.29 is 13.2 Å². The van der Waals surface area contributed by atoms with Crippen LogP contribution < -0.4 is 9.62 Å². The molecule has 3 heterocycles. The minimum atomic E-state index is -3.75. The van der Waals surface area contributed by atoms with Crippen molar-refractivity contribution in [2.24, 2.45) is 0 Å². The maximum atomic E-state index is 13.2. The molecular formula is C23H17ClN4O3S2. The predicted molar refractivity (Wildman–Crippen MR) is 129 cm³/mol. The Morgan fingerprint density at radius 2 is 1.88 bits per heavy atom. The van der Waals surface area contributed by atoms with E-state index in [9.17, 15) is 13.2 Å². The summed E-state index contributed by atoms with van der Waals surface area (Å²) in [6, 6.07) is 16.6. The van der Waals surface area contributed by atoms with Crippen molar-refractivity contribution in [3.05, 3.63) is 88.4 Å². The van der Waals surface area contributed by atoms with Gasteiger partial charge in [0.2, 0.25) is 0 Å². The number of carbonyl (C=O) groups excluding carboxylic acids is 1. The van der Waals surface area contributed by atoms with Crippen LogP contribution in [0.1, 0.15) is 15.9 Å². The molecular weight excluding hydrogens is 480 g/mol. The Bertz CT molecular complexity index is 1440. The number of benzene rings is 2. The number of anilines is 2. The molecule has 0 saturated heterocycles. The summed E-state index contributed by atoms with van der Waals surface area (Å²) in [5.74, 6) is -0.373. The molecule has 0 unspecified atom stereocenters. The number of sulfonamides is 1. The number of hydrogen-bond acceptors (Lipinski definition) is 6. The lowest BCUT2D eigenvalue weighted by atomic mass is 10.2. The van der Waals surface area contributed by atoms with Gasteiger partial charge in [-0.05, 0) is 66.6 Å². The van der Waals surface area contributed by atoms with E-state index in [0.29, 0.717) is 40.1 Å². The molecule has 0 atom stereocenters. The number of fused-ring (bicyclic) bond motifs is 1. The van der Waals surface area contributed by atoms with Crippen molar-refractivity contribution in [3.8, 4) is 11.4 Å².